The van der Waals surface area contributed by atoms with Gasteiger partial charge in [0.15, 0.2) is 5.60 Å². The van der Waals surface area contributed by atoms with E-state index in [-0.39, 0.29) is 11.1 Å². The summed E-state index contributed by atoms with van der Waals surface area (Å²) in [7, 11) is 1.10. The summed E-state index contributed by atoms with van der Waals surface area (Å²) in [4.78, 5) is 3.95. The summed E-state index contributed by atoms with van der Waals surface area (Å²) in [6, 6.07) is 10.7. The highest BCUT2D eigenvalue weighted by molar-refractivity contribution is 5.63. The van der Waals surface area contributed by atoms with Crippen LogP contribution in [-0.2, 0) is 22.8 Å². The van der Waals surface area contributed by atoms with E-state index in [1.807, 2.05) is 0 Å². The van der Waals surface area contributed by atoms with Crippen molar-refractivity contribution in [3.8, 4) is 16.9 Å². The molecule has 0 radical (unpaired) electrons. The van der Waals surface area contributed by atoms with Gasteiger partial charge in [0.05, 0.1) is 6.54 Å². The maximum absolute atomic E-state index is 16.3. The van der Waals surface area contributed by atoms with Crippen molar-refractivity contribution in [2.24, 2.45) is 0 Å². The summed E-state index contributed by atoms with van der Waals surface area (Å²) in [5, 5.41) is 10.6. The fourth-order valence-electron chi connectivity index (χ4n) is 4.02. The lowest BCUT2D eigenvalue weighted by Crippen LogP contribution is -2.49. The molecule has 0 amide bonds. The summed E-state index contributed by atoms with van der Waals surface area (Å²) < 4.78 is 93.9. The quantitative estimate of drug-likeness (QED) is 0.288. The van der Waals surface area contributed by atoms with Gasteiger partial charge in [-0.1, -0.05) is 24.3 Å². The average molecular weight is 523 g/mol. The molecule has 1 atom stereocenters. The van der Waals surface area contributed by atoms with E-state index < -0.39 is 41.7 Å². The third kappa shape index (κ3) is 5.26. The number of aromatic nitrogens is 5. The van der Waals surface area contributed by atoms with Gasteiger partial charge < -0.3 is 9.47 Å². The molecular formula is C24H19F6N5O2. The van der Waals surface area contributed by atoms with Crippen molar-refractivity contribution in [2.75, 3.05) is 7.11 Å². The number of methoxy groups -OCH3 is 1. The van der Waals surface area contributed by atoms with E-state index >= 15 is 8.78 Å². The van der Waals surface area contributed by atoms with E-state index in [4.69, 9.17) is 4.74 Å². The van der Waals surface area contributed by atoms with E-state index in [1.54, 1.807) is 0 Å². The minimum absolute atomic E-state index is 0.00281. The molecule has 13 heteroatoms. The van der Waals surface area contributed by atoms with Gasteiger partial charge in [0, 0.05) is 18.9 Å². The Bertz CT molecular complexity index is 1350. The molecule has 0 spiro atoms. The van der Waals surface area contributed by atoms with Gasteiger partial charge in [0.2, 0.25) is 0 Å². The van der Waals surface area contributed by atoms with Crippen LogP contribution in [0, 0.1) is 12.7 Å². The van der Waals surface area contributed by atoms with Gasteiger partial charge in [-0.3, -0.25) is 4.98 Å². The molecule has 0 fully saturated rings. The lowest BCUT2D eigenvalue weighted by atomic mass is 9.82. The number of nitrogens with zero attached hydrogens (tertiary/aromatic N) is 5. The van der Waals surface area contributed by atoms with Gasteiger partial charge >= 0.3 is 12.3 Å². The standard InChI is InChI=1S/C24H19F6N5O2/c1-15-11-18(25)6-9-20(15)22(36-2,13-35-14-32-33-34-35)23(26,27)21-10-5-17(12-31-21)16-3-7-19(8-4-16)37-24(28,29)30/h3-12,14H,13H2,1-2H3. The zero-order chi connectivity index (χ0) is 26.8. The van der Waals surface area contributed by atoms with Crippen molar-refractivity contribution in [1.82, 2.24) is 25.2 Å². The number of benzene rings is 2. The predicted octanol–water partition coefficient (Wildman–Crippen LogP) is 5.42. The third-order valence-electron chi connectivity index (χ3n) is 5.76. The van der Waals surface area contributed by atoms with Gasteiger partial charge in [-0.05, 0) is 64.4 Å². The number of halogens is 6. The molecule has 0 saturated carbocycles. The third-order valence-corrected chi connectivity index (χ3v) is 5.76. The Morgan fingerprint density at radius 3 is 2.16 bits per heavy atom. The SMILES string of the molecule is COC(Cn1cnnn1)(c1ccc(F)cc1C)C(F)(F)c1ccc(-c2ccc(OC(F)(F)F)cc2)cn1. The molecule has 2 aromatic carbocycles. The monoisotopic (exact) mass is 523 g/mol. The molecule has 7 nitrogen and oxygen atoms in total. The Labute approximate surface area is 206 Å². The zero-order valence-corrected chi connectivity index (χ0v) is 19.4. The Kier molecular flexibility index (Phi) is 6.91. The van der Waals surface area contributed by atoms with E-state index in [9.17, 15) is 17.6 Å². The van der Waals surface area contributed by atoms with Crippen molar-refractivity contribution in [3.63, 3.8) is 0 Å². The Balaban J connectivity index is 1.72. The van der Waals surface area contributed by atoms with Gasteiger partial charge in [0.25, 0.3) is 0 Å². The van der Waals surface area contributed by atoms with Crippen molar-refractivity contribution in [1.29, 1.82) is 0 Å². The molecule has 4 aromatic rings. The van der Waals surface area contributed by atoms with E-state index in [0.29, 0.717) is 11.1 Å². The highest BCUT2D eigenvalue weighted by Crippen LogP contribution is 2.49. The van der Waals surface area contributed by atoms with Crippen LogP contribution >= 0.6 is 0 Å². The summed E-state index contributed by atoms with van der Waals surface area (Å²) in [5.74, 6) is -4.81. The van der Waals surface area contributed by atoms with Crippen LogP contribution in [0.4, 0.5) is 26.3 Å². The fourth-order valence-corrected chi connectivity index (χ4v) is 4.02. The van der Waals surface area contributed by atoms with E-state index in [1.165, 1.54) is 31.2 Å². The van der Waals surface area contributed by atoms with Gasteiger partial charge in [-0.15, -0.1) is 18.3 Å². The number of rotatable bonds is 8. The van der Waals surface area contributed by atoms with Crippen LogP contribution in [0.1, 0.15) is 16.8 Å². The molecule has 0 aliphatic rings. The molecule has 0 N–H and O–H groups in total. The molecule has 0 aliphatic heterocycles. The number of ether oxygens (including phenoxy) is 2. The van der Waals surface area contributed by atoms with Crippen molar-refractivity contribution < 1.29 is 35.8 Å². The highest BCUT2D eigenvalue weighted by atomic mass is 19.4. The first-order valence-electron chi connectivity index (χ1n) is 10.7. The summed E-state index contributed by atoms with van der Waals surface area (Å²) in [6.07, 6.45) is -2.53. The molecule has 37 heavy (non-hydrogen) atoms. The highest BCUT2D eigenvalue weighted by Gasteiger charge is 2.59. The number of alkyl halides is 5. The molecule has 2 aromatic heterocycles. The van der Waals surface area contributed by atoms with Crippen LogP contribution < -0.4 is 4.74 Å². The van der Waals surface area contributed by atoms with E-state index in [0.717, 1.165) is 54.6 Å². The fraction of sp³-hybridized carbons (Fsp3) is 0.250. The minimum atomic E-state index is -4.84. The lowest BCUT2D eigenvalue weighted by Gasteiger charge is -2.39. The van der Waals surface area contributed by atoms with Crippen molar-refractivity contribution >= 4 is 0 Å². The lowest BCUT2D eigenvalue weighted by molar-refractivity contribution is -0.274. The second-order valence-corrected chi connectivity index (χ2v) is 8.08. The molecule has 0 saturated heterocycles. The van der Waals surface area contributed by atoms with E-state index in [2.05, 4.69) is 25.2 Å². The summed E-state index contributed by atoms with van der Waals surface area (Å²) >= 11 is 0. The second kappa shape index (κ2) is 9.81. The molecule has 1 unspecified atom stereocenters. The molecule has 0 aliphatic carbocycles. The average Bonchev–Trinajstić information content (AvgIpc) is 3.35. The predicted molar refractivity (Wildman–Crippen MR) is 118 cm³/mol. The van der Waals surface area contributed by atoms with Crippen LogP contribution in [0.15, 0.2) is 67.1 Å². The summed E-state index contributed by atoms with van der Waals surface area (Å²) in [5.41, 5.74) is -2.02. The first-order chi connectivity index (χ1) is 17.4. The van der Waals surface area contributed by atoms with Crippen LogP contribution in [-0.4, -0.2) is 38.7 Å². The van der Waals surface area contributed by atoms with Crippen LogP contribution in [0.5, 0.6) is 5.75 Å². The minimum Gasteiger partial charge on any atom is -0.406 e. The molecular weight excluding hydrogens is 504 g/mol. The Morgan fingerprint density at radius 1 is 0.919 bits per heavy atom. The Hall–Kier alpha value is -4.00. The van der Waals surface area contributed by atoms with Crippen LogP contribution in [0.25, 0.3) is 11.1 Å². The number of pyridine rings is 1. The number of aryl methyl sites for hydroxylation is 1. The van der Waals surface area contributed by atoms with Gasteiger partial charge in [-0.2, -0.15) is 8.78 Å². The van der Waals surface area contributed by atoms with Gasteiger partial charge in [-0.25, -0.2) is 9.07 Å². The largest absolute Gasteiger partial charge is 0.573 e. The summed E-state index contributed by atoms with van der Waals surface area (Å²) in [6.45, 7) is 0.949. The molecule has 2 heterocycles. The molecule has 194 valence electrons. The number of tetrazole rings is 1. The molecule has 0 bridgehead atoms. The number of hydrogen-bond acceptors (Lipinski definition) is 6. The second-order valence-electron chi connectivity index (χ2n) is 8.08. The van der Waals surface area contributed by atoms with Crippen LogP contribution in [0.3, 0.4) is 0 Å². The van der Waals surface area contributed by atoms with Crippen molar-refractivity contribution in [2.45, 2.75) is 31.4 Å². The van der Waals surface area contributed by atoms with Crippen LogP contribution in [0.2, 0.25) is 0 Å². The smallest absolute Gasteiger partial charge is 0.406 e. The van der Waals surface area contributed by atoms with Crippen molar-refractivity contribution in [3.05, 3.63) is 89.8 Å². The first kappa shape index (κ1) is 26.1. The van der Waals surface area contributed by atoms with Gasteiger partial charge in [0.1, 0.15) is 23.6 Å². The Morgan fingerprint density at radius 2 is 1.62 bits per heavy atom. The molecule has 4 rings (SSSR count). The zero-order valence-electron chi connectivity index (χ0n) is 19.4. The maximum Gasteiger partial charge on any atom is 0.573 e. The topological polar surface area (TPSA) is 75.0 Å². The first-order valence-corrected chi connectivity index (χ1v) is 10.7. The number of hydrogen-bond donors (Lipinski definition) is 0. The maximum atomic E-state index is 16.3. The normalized spacial score (nSPS) is 13.8.